The number of fused-ring (bicyclic) bond motifs is 2. The highest BCUT2D eigenvalue weighted by Gasteiger charge is 2.22. The molecule has 0 spiro atoms. The number of H-pyrrole nitrogens is 1. The first-order valence-corrected chi connectivity index (χ1v) is 8.78. The van der Waals surface area contributed by atoms with Gasteiger partial charge in [-0.05, 0) is 18.2 Å². The molecule has 2 aromatic heterocycles. The lowest BCUT2D eigenvalue weighted by molar-refractivity contribution is 0.694. The predicted molar refractivity (Wildman–Crippen MR) is 103 cm³/mol. The van der Waals surface area contributed by atoms with Crippen molar-refractivity contribution < 1.29 is 0 Å². The number of aromatic nitrogens is 3. The monoisotopic (exact) mass is 342 g/mol. The molecular formula is C21H18N4O. The molecular weight excluding hydrogens is 324 g/mol. The van der Waals surface area contributed by atoms with Gasteiger partial charge in [-0.2, -0.15) is 5.10 Å². The molecule has 0 atom stereocenters. The molecule has 5 nitrogen and oxygen atoms in total. The summed E-state index contributed by atoms with van der Waals surface area (Å²) in [5.74, 6) is 0. The van der Waals surface area contributed by atoms with Gasteiger partial charge in [0.05, 0.1) is 28.8 Å². The first kappa shape index (κ1) is 15.0. The SMILES string of the molecule is O=c1cc(N2CCc3c(cnn3-c3ccccc3)C2)c2ccccc2[nH]1. The summed E-state index contributed by atoms with van der Waals surface area (Å²) in [5, 5.41) is 5.67. The third-order valence-corrected chi connectivity index (χ3v) is 5.01. The quantitative estimate of drug-likeness (QED) is 0.608. The summed E-state index contributed by atoms with van der Waals surface area (Å²) in [7, 11) is 0. The second-order valence-corrected chi connectivity index (χ2v) is 6.60. The highest BCUT2D eigenvalue weighted by molar-refractivity contribution is 5.91. The first-order chi connectivity index (χ1) is 12.8. The zero-order valence-corrected chi connectivity index (χ0v) is 14.2. The number of benzene rings is 2. The Bertz CT molecular complexity index is 1140. The molecule has 0 radical (unpaired) electrons. The van der Waals surface area contributed by atoms with Crippen LogP contribution in [-0.4, -0.2) is 21.3 Å². The minimum absolute atomic E-state index is 0.0653. The van der Waals surface area contributed by atoms with Crippen LogP contribution in [0.5, 0.6) is 0 Å². The fraction of sp³-hybridized carbons (Fsp3) is 0.143. The number of hydrogen-bond donors (Lipinski definition) is 1. The van der Waals surface area contributed by atoms with E-state index in [9.17, 15) is 4.79 Å². The zero-order valence-electron chi connectivity index (χ0n) is 14.2. The molecule has 0 aliphatic carbocycles. The molecule has 1 aliphatic rings. The van der Waals surface area contributed by atoms with Crippen molar-refractivity contribution in [3.63, 3.8) is 0 Å². The van der Waals surface area contributed by atoms with Crippen LogP contribution in [0.4, 0.5) is 5.69 Å². The van der Waals surface area contributed by atoms with Crippen LogP contribution in [0.2, 0.25) is 0 Å². The number of nitrogens with one attached hydrogen (secondary N) is 1. The average molecular weight is 342 g/mol. The minimum atomic E-state index is -0.0653. The van der Waals surface area contributed by atoms with E-state index < -0.39 is 0 Å². The molecule has 2 aromatic carbocycles. The summed E-state index contributed by atoms with van der Waals surface area (Å²) in [4.78, 5) is 17.3. The van der Waals surface area contributed by atoms with Crippen molar-refractivity contribution in [2.24, 2.45) is 0 Å². The van der Waals surface area contributed by atoms with Crippen LogP contribution in [0.15, 0.2) is 71.7 Å². The van der Waals surface area contributed by atoms with E-state index in [0.717, 1.165) is 41.8 Å². The summed E-state index contributed by atoms with van der Waals surface area (Å²) >= 11 is 0. The van der Waals surface area contributed by atoms with Gasteiger partial charge < -0.3 is 9.88 Å². The van der Waals surface area contributed by atoms with Crippen molar-refractivity contribution in [2.45, 2.75) is 13.0 Å². The lowest BCUT2D eigenvalue weighted by Crippen LogP contribution is -2.31. The fourth-order valence-electron chi connectivity index (χ4n) is 3.78. The van der Waals surface area contributed by atoms with Gasteiger partial charge in [0.15, 0.2) is 0 Å². The van der Waals surface area contributed by atoms with E-state index in [2.05, 4.69) is 33.2 Å². The summed E-state index contributed by atoms with van der Waals surface area (Å²) in [6.07, 6.45) is 2.84. The molecule has 5 rings (SSSR count). The number of rotatable bonds is 2. The van der Waals surface area contributed by atoms with Gasteiger partial charge in [-0.15, -0.1) is 0 Å². The van der Waals surface area contributed by atoms with E-state index in [-0.39, 0.29) is 5.56 Å². The van der Waals surface area contributed by atoms with Crippen molar-refractivity contribution in [3.8, 4) is 5.69 Å². The van der Waals surface area contributed by atoms with Crippen molar-refractivity contribution in [3.05, 3.63) is 88.5 Å². The average Bonchev–Trinajstić information content (AvgIpc) is 3.11. The maximum atomic E-state index is 12.1. The maximum Gasteiger partial charge on any atom is 0.250 e. The van der Waals surface area contributed by atoms with E-state index in [0.29, 0.717) is 0 Å². The van der Waals surface area contributed by atoms with Crippen LogP contribution in [-0.2, 0) is 13.0 Å². The predicted octanol–water partition coefficient (Wildman–Crippen LogP) is 3.28. The van der Waals surface area contributed by atoms with Crippen LogP contribution in [0.1, 0.15) is 11.3 Å². The second-order valence-electron chi connectivity index (χ2n) is 6.60. The van der Waals surface area contributed by atoms with E-state index in [1.54, 1.807) is 6.07 Å². The molecule has 0 fully saturated rings. The molecule has 0 saturated heterocycles. The lowest BCUT2D eigenvalue weighted by Gasteiger charge is -2.30. The minimum Gasteiger partial charge on any atom is -0.366 e. The first-order valence-electron chi connectivity index (χ1n) is 8.78. The highest BCUT2D eigenvalue weighted by Crippen LogP contribution is 2.29. The molecule has 128 valence electrons. The number of pyridine rings is 1. The van der Waals surface area contributed by atoms with E-state index in [1.165, 1.54) is 11.3 Å². The Labute approximate surface area is 150 Å². The van der Waals surface area contributed by atoms with Gasteiger partial charge in [0.25, 0.3) is 0 Å². The van der Waals surface area contributed by atoms with Crippen LogP contribution >= 0.6 is 0 Å². The van der Waals surface area contributed by atoms with Gasteiger partial charge in [-0.3, -0.25) is 4.79 Å². The molecule has 1 aliphatic heterocycles. The van der Waals surface area contributed by atoms with Crippen LogP contribution in [0.3, 0.4) is 0 Å². The van der Waals surface area contributed by atoms with Gasteiger partial charge in [0, 0.05) is 36.5 Å². The Morgan fingerprint density at radius 1 is 1.00 bits per heavy atom. The largest absolute Gasteiger partial charge is 0.366 e. The van der Waals surface area contributed by atoms with E-state index in [4.69, 9.17) is 0 Å². The molecule has 26 heavy (non-hydrogen) atoms. The molecule has 0 bridgehead atoms. The van der Waals surface area contributed by atoms with Crippen LogP contribution in [0.25, 0.3) is 16.6 Å². The van der Waals surface area contributed by atoms with Crippen molar-refractivity contribution in [2.75, 3.05) is 11.4 Å². The Morgan fingerprint density at radius 3 is 2.69 bits per heavy atom. The van der Waals surface area contributed by atoms with E-state index in [1.807, 2.05) is 47.3 Å². The Hall–Kier alpha value is -3.34. The molecule has 0 saturated carbocycles. The van der Waals surface area contributed by atoms with E-state index >= 15 is 0 Å². The Balaban J connectivity index is 1.55. The normalized spacial score (nSPS) is 13.8. The van der Waals surface area contributed by atoms with Crippen molar-refractivity contribution in [1.82, 2.24) is 14.8 Å². The summed E-state index contributed by atoms with van der Waals surface area (Å²) in [6.45, 7) is 1.62. The maximum absolute atomic E-state index is 12.1. The number of aromatic amines is 1. The topological polar surface area (TPSA) is 53.9 Å². The highest BCUT2D eigenvalue weighted by atomic mass is 16.1. The Kier molecular flexibility index (Phi) is 3.38. The van der Waals surface area contributed by atoms with Gasteiger partial charge in [-0.25, -0.2) is 4.68 Å². The van der Waals surface area contributed by atoms with Crippen molar-refractivity contribution >= 4 is 16.6 Å². The van der Waals surface area contributed by atoms with Crippen molar-refractivity contribution in [1.29, 1.82) is 0 Å². The summed E-state index contributed by atoms with van der Waals surface area (Å²) in [5.41, 5.74) is 5.35. The number of nitrogens with zero attached hydrogens (tertiary/aromatic N) is 3. The summed E-state index contributed by atoms with van der Waals surface area (Å²) in [6, 6.07) is 19.9. The molecule has 1 N–H and O–H groups in total. The smallest absolute Gasteiger partial charge is 0.250 e. The third kappa shape index (κ3) is 2.40. The van der Waals surface area contributed by atoms with Gasteiger partial charge in [0.1, 0.15) is 0 Å². The van der Waals surface area contributed by atoms with Crippen LogP contribution in [0, 0.1) is 0 Å². The van der Waals surface area contributed by atoms with Crippen LogP contribution < -0.4 is 10.5 Å². The Morgan fingerprint density at radius 2 is 1.81 bits per heavy atom. The molecule has 4 aromatic rings. The zero-order chi connectivity index (χ0) is 17.5. The van der Waals surface area contributed by atoms with Gasteiger partial charge >= 0.3 is 0 Å². The fourth-order valence-corrected chi connectivity index (χ4v) is 3.78. The molecule has 3 heterocycles. The number of para-hydroxylation sites is 2. The molecule has 0 amide bonds. The number of anilines is 1. The van der Waals surface area contributed by atoms with Gasteiger partial charge in [0.2, 0.25) is 5.56 Å². The number of hydrogen-bond acceptors (Lipinski definition) is 3. The lowest BCUT2D eigenvalue weighted by atomic mass is 10.1. The molecule has 5 heteroatoms. The van der Waals surface area contributed by atoms with Gasteiger partial charge in [-0.1, -0.05) is 36.4 Å². The molecule has 0 unspecified atom stereocenters. The third-order valence-electron chi connectivity index (χ3n) is 5.01. The second kappa shape index (κ2) is 5.88. The summed E-state index contributed by atoms with van der Waals surface area (Å²) < 4.78 is 2.03. The standard InChI is InChI=1S/C21H18N4O/c26-21-12-20(17-8-4-5-9-18(17)23-21)24-11-10-19-15(14-24)13-22-25(19)16-6-2-1-3-7-16/h1-9,12-13H,10-11,14H2,(H,23,26).